The fraction of sp³-hybridized carbons (Fsp3) is 0.111. The van der Waals surface area contributed by atoms with Crippen LogP contribution in [0.4, 0.5) is 0 Å². The van der Waals surface area contributed by atoms with Crippen LogP contribution in [0.2, 0.25) is 0 Å². The largest absolute Gasteiger partial charge is 0.507 e. The Labute approximate surface area is 265 Å². The van der Waals surface area contributed by atoms with E-state index in [0.717, 1.165) is 6.07 Å². The second kappa shape index (κ2) is 15.1. The van der Waals surface area contributed by atoms with Crippen LogP contribution in [0.15, 0.2) is 121 Å². The van der Waals surface area contributed by atoms with Gasteiger partial charge >= 0.3 is 17.9 Å². The smallest absolute Gasteiger partial charge is 0.353 e. The number of phenolic OH excluding ortho intramolecular Hbond substituents is 2. The van der Waals surface area contributed by atoms with Crippen molar-refractivity contribution in [3.8, 4) is 23.0 Å². The SMILES string of the molecule is C=C(C)C(=O)OC.C=C(C)C(=O)Oc1ccccc1C(O)(C(=O)Oc1ccc(C(=O)c2ccccc2O)c(O)c1)c1ccccc1. The summed E-state index contributed by atoms with van der Waals surface area (Å²) in [5.74, 6) is -3.91. The van der Waals surface area contributed by atoms with Crippen molar-refractivity contribution in [2.45, 2.75) is 19.4 Å². The summed E-state index contributed by atoms with van der Waals surface area (Å²) in [5.41, 5.74) is -1.97. The molecule has 0 amide bonds. The summed E-state index contributed by atoms with van der Waals surface area (Å²) >= 11 is 0. The summed E-state index contributed by atoms with van der Waals surface area (Å²) < 4.78 is 15.1. The summed E-state index contributed by atoms with van der Waals surface area (Å²) in [6, 6.07) is 23.3. The molecule has 0 aliphatic heterocycles. The summed E-state index contributed by atoms with van der Waals surface area (Å²) in [5, 5.41) is 32.4. The van der Waals surface area contributed by atoms with E-state index in [9.17, 15) is 34.5 Å². The second-order valence-corrected chi connectivity index (χ2v) is 9.93. The van der Waals surface area contributed by atoms with Gasteiger partial charge in [0.15, 0.2) is 5.78 Å². The van der Waals surface area contributed by atoms with Crippen LogP contribution < -0.4 is 9.47 Å². The molecule has 0 aliphatic carbocycles. The van der Waals surface area contributed by atoms with Crippen LogP contribution in [-0.4, -0.2) is 46.1 Å². The highest BCUT2D eigenvalue weighted by Gasteiger charge is 2.44. The molecule has 1 unspecified atom stereocenters. The predicted octanol–water partition coefficient (Wildman–Crippen LogP) is 5.39. The number of carbonyl (C=O) groups is 4. The lowest BCUT2D eigenvalue weighted by atomic mass is 9.85. The number of ketones is 1. The molecular formula is C36H32O10. The van der Waals surface area contributed by atoms with Gasteiger partial charge in [-0.05, 0) is 49.7 Å². The van der Waals surface area contributed by atoms with E-state index in [2.05, 4.69) is 17.9 Å². The van der Waals surface area contributed by atoms with Crippen molar-refractivity contribution in [2.75, 3.05) is 7.11 Å². The van der Waals surface area contributed by atoms with Gasteiger partial charge in [-0.25, -0.2) is 14.4 Å². The lowest BCUT2D eigenvalue weighted by molar-refractivity contribution is -0.152. The van der Waals surface area contributed by atoms with E-state index in [1.807, 2.05) is 0 Å². The molecule has 3 N–H and O–H groups in total. The standard InChI is InChI=1S/C31H24O8.C5H8O2/c1-19(2)29(35)39-27-15-9-7-13-24(27)31(37,20-10-4-3-5-11-20)30(36)38-21-16-17-23(26(33)18-21)28(34)22-12-6-8-14-25(22)32;1-4(2)5(6)7-3/h3-18,32-33,37H,1H2,2H3;1H2,2-3H3. The Hall–Kier alpha value is -6.00. The number of carbonyl (C=O) groups excluding carboxylic acids is 4. The molecule has 0 bridgehead atoms. The van der Waals surface area contributed by atoms with E-state index < -0.39 is 29.1 Å². The van der Waals surface area contributed by atoms with Gasteiger partial charge in [0.25, 0.3) is 0 Å². The minimum Gasteiger partial charge on any atom is -0.507 e. The second-order valence-electron chi connectivity index (χ2n) is 9.93. The molecule has 0 aliphatic rings. The number of hydrogen-bond acceptors (Lipinski definition) is 10. The molecule has 0 fully saturated rings. The van der Waals surface area contributed by atoms with Gasteiger partial charge in [0.2, 0.25) is 5.60 Å². The molecule has 10 nitrogen and oxygen atoms in total. The lowest BCUT2D eigenvalue weighted by Gasteiger charge is -2.28. The average Bonchev–Trinajstić information content (AvgIpc) is 3.04. The number of methoxy groups -OCH3 is 1. The van der Waals surface area contributed by atoms with Crippen molar-refractivity contribution in [1.29, 1.82) is 0 Å². The molecule has 0 heterocycles. The van der Waals surface area contributed by atoms with E-state index in [4.69, 9.17) is 9.47 Å². The zero-order valence-electron chi connectivity index (χ0n) is 25.4. The molecular weight excluding hydrogens is 592 g/mol. The van der Waals surface area contributed by atoms with Gasteiger partial charge in [0.05, 0.1) is 18.2 Å². The third kappa shape index (κ3) is 7.93. The molecule has 1 atom stereocenters. The molecule has 0 saturated heterocycles. The van der Waals surface area contributed by atoms with Gasteiger partial charge in [-0.2, -0.15) is 0 Å². The van der Waals surface area contributed by atoms with Crippen molar-refractivity contribution < 1.29 is 48.7 Å². The minimum absolute atomic E-state index is 0.0167. The quantitative estimate of drug-likeness (QED) is 0.0955. The van der Waals surface area contributed by atoms with Crippen molar-refractivity contribution in [2.24, 2.45) is 0 Å². The summed E-state index contributed by atoms with van der Waals surface area (Å²) in [6.07, 6.45) is 0. The lowest BCUT2D eigenvalue weighted by Crippen LogP contribution is -2.40. The topological polar surface area (TPSA) is 157 Å². The first kappa shape index (κ1) is 34.5. The monoisotopic (exact) mass is 624 g/mol. The Kier molecular flexibility index (Phi) is 11.3. The highest BCUT2D eigenvalue weighted by Crippen LogP contribution is 2.38. The van der Waals surface area contributed by atoms with Crippen LogP contribution in [0.3, 0.4) is 0 Å². The fourth-order valence-electron chi connectivity index (χ4n) is 4.04. The van der Waals surface area contributed by atoms with Crippen molar-refractivity contribution >= 4 is 23.7 Å². The van der Waals surface area contributed by atoms with Crippen molar-refractivity contribution in [3.05, 3.63) is 144 Å². The maximum atomic E-state index is 13.6. The number of aliphatic hydroxyl groups is 1. The molecule has 4 aromatic rings. The van der Waals surface area contributed by atoms with E-state index >= 15 is 0 Å². The van der Waals surface area contributed by atoms with E-state index in [1.165, 1.54) is 62.6 Å². The van der Waals surface area contributed by atoms with Crippen molar-refractivity contribution in [3.63, 3.8) is 0 Å². The van der Waals surface area contributed by atoms with Gasteiger partial charge < -0.3 is 29.5 Å². The average molecular weight is 625 g/mol. The highest BCUT2D eigenvalue weighted by molar-refractivity contribution is 6.12. The molecule has 0 saturated carbocycles. The van der Waals surface area contributed by atoms with Crippen LogP contribution >= 0.6 is 0 Å². The van der Waals surface area contributed by atoms with Gasteiger partial charge in [-0.1, -0.05) is 73.8 Å². The molecule has 0 radical (unpaired) electrons. The Morgan fingerprint density at radius 3 is 1.80 bits per heavy atom. The Morgan fingerprint density at radius 1 is 0.674 bits per heavy atom. The predicted molar refractivity (Wildman–Crippen MR) is 168 cm³/mol. The minimum atomic E-state index is -2.44. The molecule has 10 heteroatoms. The van der Waals surface area contributed by atoms with Gasteiger partial charge in [-0.15, -0.1) is 0 Å². The number of phenols is 2. The Bertz CT molecular complexity index is 1790. The van der Waals surface area contributed by atoms with Crippen LogP contribution in [0.5, 0.6) is 23.0 Å². The molecule has 4 rings (SSSR count). The number of hydrogen-bond donors (Lipinski definition) is 3. The fourth-order valence-corrected chi connectivity index (χ4v) is 4.04. The summed E-state index contributed by atoms with van der Waals surface area (Å²) in [7, 11) is 1.33. The molecule has 236 valence electrons. The number of para-hydroxylation sites is 2. The number of ether oxygens (including phenoxy) is 3. The van der Waals surface area contributed by atoms with Gasteiger partial charge in [0, 0.05) is 22.8 Å². The number of aromatic hydroxyl groups is 2. The molecule has 0 aromatic heterocycles. The normalized spacial score (nSPS) is 11.5. The first-order valence-corrected chi connectivity index (χ1v) is 13.7. The summed E-state index contributed by atoms with van der Waals surface area (Å²) in [4.78, 5) is 48.8. The zero-order chi connectivity index (χ0) is 34.0. The maximum absolute atomic E-state index is 13.6. The molecule has 4 aromatic carbocycles. The summed E-state index contributed by atoms with van der Waals surface area (Å²) in [6.45, 7) is 9.97. The van der Waals surface area contributed by atoms with Crippen LogP contribution in [0, 0.1) is 0 Å². The first-order valence-electron chi connectivity index (χ1n) is 13.7. The highest BCUT2D eigenvalue weighted by atomic mass is 16.6. The zero-order valence-corrected chi connectivity index (χ0v) is 25.4. The molecule has 0 spiro atoms. The number of rotatable bonds is 9. The first-order chi connectivity index (χ1) is 21.8. The van der Waals surface area contributed by atoms with Crippen molar-refractivity contribution in [1.82, 2.24) is 0 Å². The van der Waals surface area contributed by atoms with E-state index in [-0.39, 0.29) is 51.0 Å². The number of esters is 3. The van der Waals surface area contributed by atoms with Gasteiger partial charge in [-0.3, -0.25) is 4.79 Å². The Morgan fingerprint density at radius 2 is 1.24 bits per heavy atom. The van der Waals surface area contributed by atoms with E-state index in [1.54, 1.807) is 49.4 Å². The van der Waals surface area contributed by atoms with Crippen LogP contribution in [-0.2, 0) is 24.7 Å². The maximum Gasteiger partial charge on any atom is 0.353 e. The van der Waals surface area contributed by atoms with Crippen LogP contribution in [0.1, 0.15) is 40.9 Å². The number of benzene rings is 4. The van der Waals surface area contributed by atoms with Gasteiger partial charge in [0.1, 0.15) is 23.0 Å². The third-order valence-corrected chi connectivity index (χ3v) is 6.42. The van der Waals surface area contributed by atoms with Crippen LogP contribution in [0.25, 0.3) is 0 Å². The van der Waals surface area contributed by atoms with E-state index in [0.29, 0.717) is 5.57 Å². The molecule has 46 heavy (non-hydrogen) atoms. The third-order valence-electron chi connectivity index (χ3n) is 6.42. The Balaban J connectivity index is 0.000000738.